The molecule has 0 radical (unpaired) electrons. The van der Waals surface area contributed by atoms with Gasteiger partial charge >= 0.3 is 6.61 Å². The molecule has 6 heteroatoms. The quantitative estimate of drug-likeness (QED) is 0.675. The fraction of sp³-hybridized carbons (Fsp3) is 0.286. The lowest BCUT2D eigenvalue weighted by atomic mass is 9.90. The molecule has 142 valence electrons. The molecule has 1 heterocycles. The van der Waals surface area contributed by atoms with Crippen molar-refractivity contribution in [3.63, 3.8) is 0 Å². The van der Waals surface area contributed by atoms with Gasteiger partial charge in [-0.3, -0.25) is 4.79 Å². The van der Waals surface area contributed by atoms with E-state index in [1.54, 1.807) is 30.3 Å². The van der Waals surface area contributed by atoms with E-state index in [2.05, 4.69) is 16.6 Å². The van der Waals surface area contributed by atoms with Gasteiger partial charge in [0.25, 0.3) is 0 Å². The zero-order chi connectivity index (χ0) is 19.6. The van der Waals surface area contributed by atoms with Gasteiger partial charge in [-0.15, -0.1) is 6.58 Å². The van der Waals surface area contributed by atoms with Crippen molar-refractivity contribution in [1.82, 2.24) is 0 Å². The molecule has 1 amide bonds. The third-order valence-electron chi connectivity index (χ3n) is 4.31. The summed E-state index contributed by atoms with van der Waals surface area (Å²) in [6.45, 7) is 4.44. The monoisotopic (exact) mass is 373 g/mol. The second-order valence-corrected chi connectivity index (χ2v) is 6.58. The molecule has 2 aromatic carbocycles. The van der Waals surface area contributed by atoms with Crippen LogP contribution in [0.25, 0.3) is 11.1 Å². The Hall–Kier alpha value is -2.89. The standard InChI is InChI=1S/C21H21F2NO3/c1-4-6-16-15-11-13(24-20(25)12(2)3)9-10-14(15)19-17(26-16)7-5-8-18(19)27-21(22)23/h4-5,7-12,16,21H,1,6H2,2-3H3,(H,24,25). The molecule has 0 saturated heterocycles. The van der Waals surface area contributed by atoms with Crippen molar-refractivity contribution in [3.05, 3.63) is 54.6 Å². The smallest absolute Gasteiger partial charge is 0.387 e. The highest BCUT2D eigenvalue weighted by atomic mass is 19.3. The summed E-state index contributed by atoms with van der Waals surface area (Å²) in [5.74, 6) is 0.272. The molecule has 0 spiro atoms. The number of amides is 1. The Morgan fingerprint density at radius 2 is 2.11 bits per heavy atom. The molecule has 0 aliphatic carbocycles. The predicted octanol–water partition coefficient (Wildman–Crippen LogP) is 5.56. The Kier molecular flexibility index (Phi) is 5.44. The van der Waals surface area contributed by atoms with E-state index in [9.17, 15) is 13.6 Å². The number of ether oxygens (including phenoxy) is 2. The molecule has 1 aliphatic rings. The van der Waals surface area contributed by atoms with Crippen LogP contribution in [0, 0.1) is 5.92 Å². The summed E-state index contributed by atoms with van der Waals surface area (Å²) in [7, 11) is 0. The lowest BCUT2D eigenvalue weighted by molar-refractivity contribution is -0.118. The number of alkyl halides is 2. The number of nitrogens with one attached hydrogen (secondary N) is 1. The normalized spacial score (nSPS) is 15.0. The largest absolute Gasteiger partial charge is 0.485 e. The van der Waals surface area contributed by atoms with Crippen LogP contribution in [0.3, 0.4) is 0 Å². The van der Waals surface area contributed by atoms with E-state index >= 15 is 0 Å². The Morgan fingerprint density at radius 1 is 1.33 bits per heavy atom. The minimum atomic E-state index is -2.93. The molecule has 0 bridgehead atoms. The molecule has 0 saturated carbocycles. The van der Waals surface area contributed by atoms with Gasteiger partial charge in [0, 0.05) is 23.6 Å². The molecule has 0 aromatic heterocycles. The second-order valence-electron chi connectivity index (χ2n) is 6.58. The summed E-state index contributed by atoms with van der Waals surface area (Å²) in [5, 5.41) is 2.85. The number of anilines is 1. The van der Waals surface area contributed by atoms with E-state index in [1.165, 1.54) is 6.07 Å². The Balaban J connectivity index is 2.09. The van der Waals surface area contributed by atoms with Gasteiger partial charge in [0.15, 0.2) is 0 Å². The van der Waals surface area contributed by atoms with E-state index in [1.807, 2.05) is 19.9 Å². The summed E-state index contributed by atoms with van der Waals surface area (Å²) in [5.41, 5.74) is 2.63. The highest BCUT2D eigenvalue weighted by Crippen LogP contribution is 2.49. The van der Waals surface area contributed by atoms with Crippen molar-refractivity contribution in [2.24, 2.45) is 5.92 Å². The van der Waals surface area contributed by atoms with Crippen LogP contribution in [0.5, 0.6) is 11.5 Å². The number of hydrogen-bond acceptors (Lipinski definition) is 3. The molecule has 2 aromatic rings. The maximum Gasteiger partial charge on any atom is 0.387 e. The topological polar surface area (TPSA) is 47.6 Å². The number of fused-ring (bicyclic) bond motifs is 3. The van der Waals surface area contributed by atoms with Gasteiger partial charge in [-0.2, -0.15) is 8.78 Å². The van der Waals surface area contributed by atoms with Crippen LogP contribution in [0.1, 0.15) is 31.9 Å². The van der Waals surface area contributed by atoms with Crippen LogP contribution in [-0.4, -0.2) is 12.5 Å². The van der Waals surface area contributed by atoms with Crippen molar-refractivity contribution < 1.29 is 23.0 Å². The first-order chi connectivity index (χ1) is 12.9. The summed E-state index contributed by atoms with van der Waals surface area (Å²) >= 11 is 0. The zero-order valence-corrected chi connectivity index (χ0v) is 15.2. The fourth-order valence-corrected chi connectivity index (χ4v) is 3.03. The third kappa shape index (κ3) is 3.94. The van der Waals surface area contributed by atoms with Crippen LogP contribution >= 0.6 is 0 Å². The van der Waals surface area contributed by atoms with E-state index < -0.39 is 6.61 Å². The molecular weight excluding hydrogens is 352 g/mol. The van der Waals surface area contributed by atoms with Crippen LogP contribution < -0.4 is 14.8 Å². The summed E-state index contributed by atoms with van der Waals surface area (Å²) in [6, 6.07) is 10.2. The summed E-state index contributed by atoms with van der Waals surface area (Å²) in [6.07, 6.45) is 1.94. The third-order valence-corrected chi connectivity index (χ3v) is 4.31. The van der Waals surface area contributed by atoms with E-state index in [0.717, 1.165) is 11.1 Å². The van der Waals surface area contributed by atoms with Gasteiger partial charge in [-0.05, 0) is 29.8 Å². The van der Waals surface area contributed by atoms with Gasteiger partial charge in [0.2, 0.25) is 5.91 Å². The van der Waals surface area contributed by atoms with Gasteiger partial charge in [0.1, 0.15) is 17.6 Å². The van der Waals surface area contributed by atoms with Crippen molar-refractivity contribution in [2.75, 3.05) is 5.32 Å². The minimum Gasteiger partial charge on any atom is -0.485 e. The van der Waals surface area contributed by atoms with Crippen molar-refractivity contribution in [1.29, 1.82) is 0 Å². The first-order valence-corrected chi connectivity index (χ1v) is 8.71. The fourth-order valence-electron chi connectivity index (χ4n) is 3.03. The first-order valence-electron chi connectivity index (χ1n) is 8.71. The maximum atomic E-state index is 12.8. The summed E-state index contributed by atoms with van der Waals surface area (Å²) < 4.78 is 36.4. The number of hydrogen-bond donors (Lipinski definition) is 1. The predicted molar refractivity (Wildman–Crippen MR) is 100 cm³/mol. The van der Waals surface area contributed by atoms with Gasteiger partial charge in [0.05, 0.1) is 5.56 Å². The molecule has 3 rings (SSSR count). The molecule has 1 aliphatic heterocycles. The molecule has 27 heavy (non-hydrogen) atoms. The van der Waals surface area contributed by atoms with E-state index in [-0.39, 0.29) is 23.7 Å². The average molecular weight is 373 g/mol. The lowest BCUT2D eigenvalue weighted by Crippen LogP contribution is -2.19. The van der Waals surface area contributed by atoms with Crippen molar-refractivity contribution in [3.8, 4) is 22.6 Å². The first kappa shape index (κ1) is 18.9. The minimum absolute atomic E-state index is 0.0553. The van der Waals surface area contributed by atoms with Gasteiger partial charge in [-0.1, -0.05) is 32.1 Å². The number of carbonyl (C=O) groups excluding carboxylic acids is 1. The highest BCUT2D eigenvalue weighted by Gasteiger charge is 2.29. The Labute approximate surface area is 156 Å². The van der Waals surface area contributed by atoms with Gasteiger partial charge < -0.3 is 14.8 Å². The number of benzene rings is 2. The number of carbonyl (C=O) groups is 1. The van der Waals surface area contributed by atoms with Crippen LogP contribution in [0.2, 0.25) is 0 Å². The zero-order valence-electron chi connectivity index (χ0n) is 15.2. The van der Waals surface area contributed by atoms with E-state index in [0.29, 0.717) is 23.4 Å². The van der Waals surface area contributed by atoms with E-state index in [4.69, 9.17) is 4.74 Å². The molecule has 4 nitrogen and oxygen atoms in total. The van der Waals surface area contributed by atoms with Crippen LogP contribution in [0.4, 0.5) is 14.5 Å². The van der Waals surface area contributed by atoms with Crippen molar-refractivity contribution >= 4 is 11.6 Å². The van der Waals surface area contributed by atoms with Crippen LogP contribution in [-0.2, 0) is 4.79 Å². The maximum absolute atomic E-state index is 12.8. The average Bonchev–Trinajstić information content (AvgIpc) is 2.61. The molecule has 1 N–H and O–H groups in total. The Morgan fingerprint density at radius 3 is 2.78 bits per heavy atom. The SMILES string of the molecule is C=CCC1Oc2cccc(OC(F)F)c2-c2ccc(NC(=O)C(C)C)cc21. The molecular formula is C21H21F2NO3. The van der Waals surface area contributed by atoms with Crippen LogP contribution in [0.15, 0.2) is 49.1 Å². The number of rotatable bonds is 6. The second kappa shape index (κ2) is 7.78. The molecule has 0 fully saturated rings. The molecule has 1 unspecified atom stereocenters. The van der Waals surface area contributed by atoms with Gasteiger partial charge in [-0.25, -0.2) is 0 Å². The Bertz CT molecular complexity index is 865. The molecule has 1 atom stereocenters. The van der Waals surface area contributed by atoms with Crippen molar-refractivity contribution in [2.45, 2.75) is 33.0 Å². The number of halogens is 2. The summed E-state index contributed by atoms with van der Waals surface area (Å²) in [4.78, 5) is 12.0. The highest BCUT2D eigenvalue weighted by molar-refractivity contribution is 5.93. The lowest BCUT2D eigenvalue weighted by Gasteiger charge is -2.30.